The predicted octanol–water partition coefficient (Wildman–Crippen LogP) is 14.9. The third kappa shape index (κ3) is 4.82. The second kappa shape index (κ2) is 13.0. The van der Waals surface area contributed by atoms with Crippen LogP contribution in [-0.2, 0) is 0 Å². The van der Waals surface area contributed by atoms with E-state index in [1.54, 1.807) is 0 Å². The van der Waals surface area contributed by atoms with E-state index in [1.807, 2.05) is 0 Å². The molecule has 14 rings (SSSR count). The van der Waals surface area contributed by atoms with E-state index in [1.165, 1.54) is 59.8 Å². The van der Waals surface area contributed by atoms with Crippen LogP contribution in [0.15, 0.2) is 212 Å². The first-order chi connectivity index (χ1) is 31.3. The van der Waals surface area contributed by atoms with E-state index in [2.05, 4.69) is 226 Å². The molecule has 5 heteroatoms. The van der Waals surface area contributed by atoms with Gasteiger partial charge in [-0.15, -0.1) is 0 Å². The molecule has 0 fully saturated rings. The Kier molecular flexibility index (Phi) is 7.05. The Balaban J connectivity index is 1.06. The predicted molar refractivity (Wildman–Crippen MR) is 263 cm³/mol. The molecule has 5 nitrogen and oxygen atoms in total. The van der Waals surface area contributed by atoms with Crippen LogP contribution in [0, 0.1) is 0 Å². The van der Waals surface area contributed by atoms with Crippen LogP contribution in [0.3, 0.4) is 0 Å². The molecule has 4 heterocycles. The number of rotatable bonds is 4. The first-order valence-electron chi connectivity index (χ1n) is 21.5. The zero-order valence-electron chi connectivity index (χ0n) is 33.9. The number of hydrogen-bond acceptors (Lipinski definition) is 2. The van der Waals surface area contributed by atoms with Crippen molar-refractivity contribution in [2.24, 2.45) is 0 Å². The third-order valence-corrected chi connectivity index (χ3v) is 13.2. The van der Waals surface area contributed by atoms with Crippen molar-refractivity contribution in [3.05, 3.63) is 212 Å². The van der Waals surface area contributed by atoms with Gasteiger partial charge in [0, 0.05) is 48.7 Å². The molecule has 63 heavy (non-hydrogen) atoms. The molecule has 0 bridgehead atoms. The first kappa shape index (κ1) is 34.2. The Hall–Kier alpha value is -8.54. The van der Waals surface area contributed by atoms with Gasteiger partial charge in [-0.3, -0.25) is 4.57 Å². The highest BCUT2D eigenvalue weighted by Gasteiger charge is 2.24. The van der Waals surface area contributed by atoms with Crippen molar-refractivity contribution in [1.29, 1.82) is 0 Å². The van der Waals surface area contributed by atoms with Crippen LogP contribution in [0.5, 0.6) is 0 Å². The highest BCUT2D eigenvalue weighted by Crippen LogP contribution is 2.45. The molecule has 0 saturated carbocycles. The van der Waals surface area contributed by atoms with Gasteiger partial charge in [-0.25, -0.2) is 9.97 Å². The Bertz CT molecular complexity index is 4220. The van der Waals surface area contributed by atoms with Gasteiger partial charge in [0.05, 0.1) is 55.7 Å². The molecule has 0 saturated heterocycles. The summed E-state index contributed by atoms with van der Waals surface area (Å²) in [5, 5.41) is 13.1. The lowest BCUT2D eigenvalue weighted by Crippen LogP contribution is -2.03. The fourth-order valence-corrected chi connectivity index (χ4v) is 10.6. The Labute approximate surface area is 360 Å². The fraction of sp³-hybridized carbons (Fsp3) is 0. The molecule has 10 aromatic carbocycles. The Morgan fingerprint density at radius 2 is 0.778 bits per heavy atom. The SMILES string of the molecule is c1ccc2cc(-c3nc(-n4c5ccccc5c5c(-n6c7ccccc7c7c8c9ccccc9n(-c9cccc%10ccccc9%10)c8ccc76)cccc54)nc4ccccc34)ccc2c1. The summed E-state index contributed by atoms with van der Waals surface area (Å²) in [6.07, 6.45) is 0. The number of nitrogens with zero attached hydrogens (tertiary/aromatic N) is 5. The van der Waals surface area contributed by atoms with Crippen LogP contribution in [0.2, 0.25) is 0 Å². The van der Waals surface area contributed by atoms with Crippen LogP contribution in [0.25, 0.3) is 126 Å². The average molecular weight is 802 g/mol. The molecule has 0 amide bonds. The lowest BCUT2D eigenvalue weighted by atomic mass is 10.0. The summed E-state index contributed by atoms with van der Waals surface area (Å²) in [4.78, 5) is 10.8. The molecule has 0 radical (unpaired) electrons. The highest BCUT2D eigenvalue weighted by atomic mass is 15.2. The molecular weight excluding hydrogens is 767 g/mol. The van der Waals surface area contributed by atoms with Gasteiger partial charge in [-0.1, -0.05) is 152 Å². The highest BCUT2D eigenvalue weighted by molar-refractivity contribution is 6.29. The summed E-state index contributed by atoms with van der Waals surface area (Å²) < 4.78 is 7.20. The minimum atomic E-state index is 0.644. The first-order valence-corrected chi connectivity index (χ1v) is 21.5. The average Bonchev–Trinajstić information content (AvgIpc) is 3.99. The Morgan fingerprint density at radius 1 is 0.286 bits per heavy atom. The summed E-state index contributed by atoms with van der Waals surface area (Å²) >= 11 is 0. The number of para-hydroxylation sites is 4. The van der Waals surface area contributed by atoms with E-state index in [9.17, 15) is 0 Å². The second-order valence-corrected chi connectivity index (χ2v) is 16.5. The lowest BCUT2D eigenvalue weighted by Gasteiger charge is -2.13. The monoisotopic (exact) mass is 801 g/mol. The van der Waals surface area contributed by atoms with Crippen LogP contribution in [0.4, 0.5) is 0 Å². The van der Waals surface area contributed by atoms with E-state index in [-0.39, 0.29) is 0 Å². The summed E-state index contributed by atoms with van der Waals surface area (Å²) in [5.41, 5.74) is 12.0. The molecule has 0 atom stereocenters. The molecule has 14 aromatic rings. The van der Waals surface area contributed by atoms with Crippen LogP contribution in [-0.4, -0.2) is 23.7 Å². The van der Waals surface area contributed by atoms with Gasteiger partial charge in [-0.2, -0.15) is 0 Å². The number of aromatic nitrogens is 5. The normalized spacial score (nSPS) is 12.1. The van der Waals surface area contributed by atoms with Crippen molar-refractivity contribution in [1.82, 2.24) is 23.7 Å². The van der Waals surface area contributed by atoms with Crippen molar-refractivity contribution >= 4 is 97.9 Å². The van der Waals surface area contributed by atoms with Gasteiger partial charge < -0.3 is 9.13 Å². The minimum Gasteiger partial charge on any atom is -0.309 e. The van der Waals surface area contributed by atoms with E-state index in [0.29, 0.717) is 5.95 Å². The van der Waals surface area contributed by atoms with Crippen LogP contribution >= 0.6 is 0 Å². The maximum atomic E-state index is 5.46. The van der Waals surface area contributed by atoms with E-state index >= 15 is 0 Å². The maximum absolute atomic E-state index is 5.46. The molecule has 0 N–H and O–H groups in total. The summed E-state index contributed by atoms with van der Waals surface area (Å²) in [7, 11) is 0. The van der Waals surface area contributed by atoms with E-state index in [4.69, 9.17) is 9.97 Å². The van der Waals surface area contributed by atoms with Crippen molar-refractivity contribution in [3.8, 4) is 28.6 Å². The van der Waals surface area contributed by atoms with Gasteiger partial charge in [0.25, 0.3) is 0 Å². The molecule has 0 spiro atoms. The molecule has 0 aliphatic heterocycles. The minimum absolute atomic E-state index is 0.644. The van der Waals surface area contributed by atoms with Gasteiger partial charge in [0.15, 0.2) is 0 Å². The van der Waals surface area contributed by atoms with Crippen LogP contribution in [0.1, 0.15) is 0 Å². The van der Waals surface area contributed by atoms with Crippen molar-refractivity contribution in [3.63, 3.8) is 0 Å². The lowest BCUT2D eigenvalue weighted by molar-refractivity contribution is 1.01. The quantitative estimate of drug-likeness (QED) is 0.178. The number of fused-ring (bicyclic) bond motifs is 13. The van der Waals surface area contributed by atoms with Crippen molar-refractivity contribution in [2.45, 2.75) is 0 Å². The number of hydrogen-bond donors (Lipinski definition) is 0. The van der Waals surface area contributed by atoms with Gasteiger partial charge in [-0.05, 0) is 76.8 Å². The van der Waals surface area contributed by atoms with E-state index in [0.717, 1.165) is 60.7 Å². The zero-order valence-corrected chi connectivity index (χ0v) is 33.9. The third-order valence-electron chi connectivity index (χ3n) is 13.2. The molecule has 0 aliphatic rings. The summed E-state index contributed by atoms with van der Waals surface area (Å²) in [6.45, 7) is 0. The standard InChI is InChI=1S/C58H35N5/c1-2-17-38-35-39(32-31-36(38)15-1)57-41-20-5-9-24-45(41)59-58(60-57)63-49-27-12-6-21-42(49)54-50(29-14-30-51(54)63)62-48-26-11-8-23-44(48)56-53(62)34-33-52-55(56)43-22-7-10-25-47(43)61(52)46-28-13-18-37-16-3-4-19-40(37)46/h1-35H. The van der Waals surface area contributed by atoms with Crippen LogP contribution < -0.4 is 0 Å². The summed E-state index contributed by atoms with van der Waals surface area (Å²) in [5.74, 6) is 0.644. The smallest absolute Gasteiger partial charge is 0.235 e. The maximum Gasteiger partial charge on any atom is 0.235 e. The summed E-state index contributed by atoms with van der Waals surface area (Å²) in [6, 6.07) is 76.6. The largest absolute Gasteiger partial charge is 0.309 e. The molecule has 292 valence electrons. The van der Waals surface area contributed by atoms with Crippen molar-refractivity contribution < 1.29 is 0 Å². The van der Waals surface area contributed by atoms with Gasteiger partial charge in [0.1, 0.15) is 0 Å². The molecule has 4 aromatic heterocycles. The molecule has 0 aliphatic carbocycles. The van der Waals surface area contributed by atoms with Crippen molar-refractivity contribution in [2.75, 3.05) is 0 Å². The molecular formula is C58H35N5. The van der Waals surface area contributed by atoms with Gasteiger partial charge >= 0.3 is 0 Å². The molecule has 0 unspecified atom stereocenters. The zero-order chi connectivity index (χ0) is 41.2. The fourth-order valence-electron chi connectivity index (χ4n) is 10.6. The Morgan fingerprint density at radius 3 is 1.51 bits per heavy atom. The number of benzene rings is 10. The van der Waals surface area contributed by atoms with E-state index < -0.39 is 0 Å². The topological polar surface area (TPSA) is 40.6 Å². The van der Waals surface area contributed by atoms with Gasteiger partial charge in [0.2, 0.25) is 5.95 Å². The second-order valence-electron chi connectivity index (χ2n) is 16.5.